The van der Waals surface area contributed by atoms with Gasteiger partial charge in [-0.3, -0.25) is 9.59 Å². The van der Waals surface area contributed by atoms with E-state index in [0.717, 1.165) is 7.11 Å². The fourth-order valence-electron chi connectivity index (χ4n) is 3.89. The second kappa shape index (κ2) is 12.2. The van der Waals surface area contributed by atoms with E-state index >= 15 is 0 Å². The summed E-state index contributed by atoms with van der Waals surface area (Å²) in [6.45, 7) is 3.64. The number of benzene rings is 1. The Morgan fingerprint density at radius 1 is 1.16 bits per heavy atom. The smallest absolute Gasteiger partial charge is 0.235 e. The Hall–Kier alpha value is -3.39. The second-order valence-electron chi connectivity index (χ2n) is 8.06. The minimum atomic E-state index is -0.908. The molecule has 1 aliphatic rings. The molecule has 9 nitrogen and oxygen atoms in total. The van der Waals surface area contributed by atoms with E-state index in [0.29, 0.717) is 40.0 Å². The van der Waals surface area contributed by atoms with Crippen molar-refractivity contribution in [3.8, 4) is 23.4 Å². The normalized spacial score (nSPS) is 12.5. The van der Waals surface area contributed by atoms with Crippen molar-refractivity contribution in [3.63, 3.8) is 0 Å². The third-order valence-corrected chi connectivity index (χ3v) is 5.58. The van der Waals surface area contributed by atoms with Crippen LogP contribution in [0.5, 0.6) is 0 Å². The van der Waals surface area contributed by atoms with Crippen molar-refractivity contribution in [2.24, 2.45) is 0 Å². The molecule has 4 aromatic rings. The van der Waals surface area contributed by atoms with E-state index in [1.807, 2.05) is 6.07 Å². The first-order valence-corrected chi connectivity index (χ1v) is 10.6. The van der Waals surface area contributed by atoms with Crippen LogP contribution in [0.25, 0.3) is 22.6 Å². The van der Waals surface area contributed by atoms with E-state index in [4.69, 9.17) is 5.11 Å². The molecule has 0 spiro atoms. The quantitative estimate of drug-likeness (QED) is 0.219. The van der Waals surface area contributed by atoms with Gasteiger partial charge in [-0.1, -0.05) is 18.2 Å². The van der Waals surface area contributed by atoms with Crippen molar-refractivity contribution in [1.82, 2.24) is 24.7 Å². The van der Waals surface area contributed by atoms with Gasteiger partial charge in [0.2, 0.25) is 5.91 Å². The van der Waals surface area contributed by atoms with Crippen molar-refractivity contribution < 1.29 is 51.8 Å². The molecule has 0 saturated carbocycles. The number of halogens is 1. The van der Waals surface area contributed by atoms with Gasteiger partial charge in [-0.15, -0.1) is 0 Å². The summed E-state index contributed by atoms with van der Waals surface area (Å²) >= 11 is 0. The maximum atomic E-state index is 14.3. The Bertz CT molecular complexity index is 1520. The average Bonchev–Trinajstić information content (AvgIpc) is 3.34. The van der Waals surface area contributed by atoms with Gasteiger partial charge in [-0.25, -0.2) is 24.0 Å². The molecule has 3 aromatic heterocycles. The zero-order valence-corrected chi connectivity index (χ0v) is 23.6. The largest absolute Gasteiger partial charge is 0.400 e. The van der Waals surface area contributed by atoms with Gasteiger partial charge in [0.15, 0.2) is 17.8 Å². The Labute approximate surface area is 238 Å². The molecule has 0 fully saturated rings. The molecule has 1 aliphatic heterocycles. The number of aldehydes is 1. The van der Waals surface area contributed by atoms with Gasteiger partial charge in [0.05, 0.1) is 17.3 Å². The van der Waals surface area contributed by atoms with E-state index in [2.05, 4.69) is 37.2 Å². The molecule has 5 rings (SSSR count). The zero-order chi connectivity index (χ0) is 25.2. The number of aromatic nitrogens is 5. The number of aliphatic hydroxyl groups is 1. The van der Waals surface area contributed by atoms with Gasteiger partial charge < -0.3 is 17.8 Å². The van der Waals surface area contributed by atoms with Crippen LogP contribution in [0.2, 0.25) is 0 Å². The Morgan fingerprint density at radius 3 is 2.59 bits per heavy atom. The van der Waals surface area contributed by atoms with Gasteiger partial charge >= 0.3 is 0 Å². The summed E-state index contributed by atoms with van der Waals surface area (Å²) in [6, 6.07) is 10.0. The Balaban J connectivity index is 0.00000118. The molecule has 37 heavy (non-hydrogen) atoms. The standard InChI is InChI=1S/C24H17FN6O2.CH4O.CH3.Y/c1-24(2)18-17(10-6-12-32)27-21(28-20(18)29-23(24)33)19-15-8-5-11-26-22(15)31(30-19)13-14-7-3-4-9-16(14)25;1-2;;/h3-5,7-9,11-12H,13H2,1-2H3,(H,27,28,29,33);2H,1H3;1H3;/q;;-1;. The predicted molar refractivity (Wildman–Crippen MR) is 133 cm³/mol. The topological polar surface area (TPSA) is 123 Å². The van der Waals surface area contributed by atoms with E-state index in [-0.39, 0.29) is 69.9 Å². The van der Waals surface area contributed by atoms with E-state index in [1.54, 1.807) is 49.0 Å². The molecule has 1 amide bonds. The third kappa shape index (κ3) is 5.49. The number of hydrogen-bond acceptors (Lipinski definition) is 7. The first kappa shape index (κ1) is 29.8. The fraction of sp³-hybridized carbons (Fsp3) is 0.192. The summed E-state index contributed by atoms with van der Waals surface area (Å²) < 4.78 is 15.8. The van der Waals surface area contributed by atoms with E-state index in [1.165, 1.54) is 6.07 Å². The number of carbonyl (C=O) groups excluding carboxylic acids is 2. The van der Waals surface area contributed by atoms with Gasteiger partial charge in [0.25, 0.3) is 0 Å². The molecule has 11 heteroatoms. The fourth-order valence-corrected chi connectivity index (χ4v) is 3.89. The number of amides is 1. The molecule has 2 N–H and O–H groups in total. The van der Waals surface area contributed by atoms with Gasteiger partial charge in [-0.2, -0.15) is 5.10 Å². The Kier molecular flexibility index (Phi) is 9.87. The summed E-state index contributed by atoms with van der Waals surface area (Å²) in [5.41, 5.74) is 1.29. The van der Waals surface area contributed by atoms with Gasteiger partial charge in [0.1, 0.15) is 23.0 Å². The zero-order valence-electron chi connectivity index (χ0n) is 20.8. The van der Waals surface area contributed by atoms with Crippen LogP contribution in [0.1, 0.15) is 30.7 Å². The maximum absolute atomic E-state index is 14.3. The molecule has 187 valence electrons. The Morgan fingerprint density at radius 2 is 1.89 bits per heavy atom. The number of rotatable bonds is 3. The number of nitrogens with one attached hydrogen (secondary N) is 1. The molecule has 0 bridgehead atoms. The molecular weight excluding hydrogens is 552 g/mol. The van der Waals surface area contributed by atoms with Crippen LogP contribution in [0.3, 0.4) is 0 Å². The summed E-state index contributed by atoms with van der Waals surface area (Å²) in [4.78, 5) is 36.9. The number of aliphatic hydroxyl groups excluding tert-OH is 1. The average molecular weight is 576 g/mol. The van der Waals surface area contributed by atoms with Crippen LogP contribution >= 0.6 is 0 Å². The summed E-state index contributed by atoms with van der Waals surface area (Å²) in [7, 11) is 1.00. The SMILES string of the molecule is CC1(C)C(=O)Nc2nc(-c3nn(Cc4ccccc4F)c4ncccc34)nc(C#CC=O)c21.CO.[CH3-].[Y]. The van der Waals surface area contributed by atoms with Crippen LogP contribution in [0.4, 0.5) is 10.2 Å². The number of pyridine rings is 1. The number of anilines is 1. The minimum absolute atomic E-state index is 0. The van der Waals surface area contributed by atoms with Crippen molar-refractivity contribution >= 4 is 29.0 Å². The molecule has 0 unspecified atom stereocenters. The molecule has 0 atom stereocenters. The van der Waals surface area contributed by atoms with Crippen molar-refractivity contribution in [2.75, 3.05) is 12.4 Å². The monoisotopic (exact) mass is 576 g/mol. The second-order valence-corrected chi connectivity index (χ2v) is 8.06. The van der Waals surface area contributed by atoms with E-state index in [9.17, 15) is 14.0 Å². The number of carbonyl (C=O) groups is 2. The number of hydrogen-bond donors (Lipinski definition) is 2. The number of nitrogens with zero attached hydrogens (tertiary/aromatic N) is 5. The van der Waals surface area contributed by atoms with Gasteiger partial charge in [0, 0.05) is 57.1 Å². The van der Waals surface area contributed by atoms with Crippen molar-refractivity contribution in [3.05, 3.63) is 72.7 Å². The third-order valence-electron chi connectivity index (χ3n) is 5.58. The summed E-state index contributed by atoms with van der Waals surface area (Å²) in [6.07, 6.45) is 2.09. The van der Waals surface area contributed by atoms with Crippen molar-refractivity contribution in [2.45, 2.75) is 25.8 Å². The first-order chi connectivity index (χ1) is 16.9. The minimum Gasteiger partial charge on any atom is -0.400 e. The summed E-state index contributed by atoms with van der Waals surface area (Å²) in [5, 5.41) is 15.1. The molecule has 0 aliphatic carbocycles. The van der Waals surface area contributed by atoms with E-state index < -0.39 is 5.41 Å². The predicted octanol–water partition coefficient (Wildman–Crippen LogP) is 2.91. The van der Waals surface area contributed by atoms with Crippen LogP contribution in [-0.4, -0.2) is 49.1 Å². The molecule has 1 radical (unpaired) electrons. The number of fused-ring (bicyclic) bond motifs is 2. The van der Waals surface area contributed by atoms with Crippen LogP contribution in [-0.2, 0) is 54.3 Å². The van der Waals surface area contributed by atoms with Crippen LogP contribution < -0.4 is 5.32 Å². The maximum Gasteiger partial charge on any atom is 0.235 e. The molecular formula is C26H24FN6O3Y-. The molecule has 4 heterocycles. The first-order valence-electron chi connectivity index (χ1n) is 10.6. The molecule has 1 aromatic carbocycles. The van der Waals surface area contributed by atoms with Crippen LogP contribution in [0, 0.1) is 25.1 Å². The van der Waals surface area contributed by atoms with Crippen LogP contribution in [0.15, 0.2) is 42.6 Å². The summed E-state index contributed by atoms with van der Waals surface area (Å²) in [5.74, 6) is 5.04. The van der Waals surface area contributed by atoms with Crippen molar-refractivity contribution in [1.29, 1.82) is 0 Å². The molecule has 0 saturated heterocycles. The van der Waals surface area contributed by atoms with Gasteiger partial charge in [-0.05, 0) is 43.9 Å².